The molecule has 1 aromatic carbocycles. The second-order valence-electron chi connectivity index (χ2n) is 3.83. The number of aromatic nitrogens is 1. The first-order chi connectivity index (χ1) is 9.84. The fraction of sp³-hybridized carbons (Fsp3) is 0. The number of pyridine rings is 1. The molecule has 0 aliphatic rings. The largest absolute Gasteiger partial charge is 0.388 e. The number of halogens is 5. The van der Waals surface area contributed by atoms with Gasteiger partial charge < -0.3 is 11.1 Å². The monoisotopic (exact) mass is 319 g/mol. The van der Waals surface area contributed by atoms with E-state index in [0.717, 1.165) is 0 Å². The van der Waals surface area contributed by atoms with Crippen LogP contribution in [0.4, 0.5) is 33.3 Å². The van der Waals surface area contributed by atoms with Crippen molar-refractivity contribution < 1.29 is 22.0 Å². The number of rotatable bonds is 3. The minimum Gasteiger partial charge on any atom is -0.388 e. The lowest BCUT2D eigenvalue weighted by atomic mass is 10.2. The van der Waals surface area contributed by atoms with Crippen molar-refractivity contribution in [3.05, 3.63) is 53.1 Å². The van der Waals surface area contributed by atoms with E-state index in [1.54, 1.807) is 0 Å². The van der Waals surface area contributed by atoms with Crippen molar-refractivity contribution in [3.63, 3.8) is 0 Å². The summed E-state index contributed by atoms with van der Waals surface area (Å²) < 4.78 is 66.2. The lowest BCUT2D eigenvalue weighted by Gasteiger charge is -2.13. The third kappa shape index (κ3) is 2.64. The molecule has 110 valence electrons. The Labute approximate surface area is 120 Å². The number of benzene rings is 1. The number of hydrogen-bond acceptors (Lipinski definition) is 3. The molecule has 0 atom stereocenters. The second kappa shape index (κ2) is 5.60. The maximum atomic E-state index is 13.6. The standard InChI is InChI=1S/C12H6F5N3S/c13-5-6(14)8(16)11(9(17)7(5)15)20-4-2-1-3-19-10(4)12(18)21/h1-3,20H,(H2,18,21). The van der Waals surface area contributed by atoms with E-state index in [9.17, 15) is 22.0 Å². The van der Waals surface area contributed by atoms with Gasteiger partial charge in [-0.05, 0) is 12.1 Å². The van der Waals surface area contributed by atoms with E-state index in [1.165, 1.54) is 18.3 Å². The summed E-state index contributed by atoms with van der Waals surface area (Å²) in [5.74, 6) is -10.3. The summed E-state index contributed by atoms with van der Waals surface area (Å²) in [4.78, 5) is 3.55. The van der Waals surface area contributed by atoms with Gasteiger partial charge in [-0.3, -0.25) is 4.98 Å². The van der Waals surface area contributed by atoms with Crippen molar-refractivity contribution in [2.75, 3.05) is 5.32 Å². The van der Waals surface area contributed by atoms with Gasteiger partial charge in [0, 0.05) is 6.20 Å². The Kier molecular flexibility index (Phi) is 4.03. The fourth-order valence-corrected chi connectivity index (χ4v) is 1.71. The Morgan fingerprint density at radius 1 is 1.00 bits per heavy atom. The smallest absolute Gasteiger partial charge is 0.200 e. The molecule has 0 radical (unpaired) electrons. The summed E-state index contributed by atoms with van der Waals surface area (Å²) in [6, 6.07) is 2.65. The maximum absolute atomic E-state index is 13.6. The summed E-state index contributed by atoms with van der Waals surface area (Å²) in [6.45, 7) is 0. The molecular formula is C12H6F5N3S. The summed E-state index contributed by atoms with van der Waals surface area (Å²) in [5.41, 5.74) is 4.02. The SMILES string of the molecule is NC(=S)c1ncccc1Nc1c(F)c(F)c(F)c(F)c1F. The van der Waals surface area contributed by atoms with E-state index < -0.39 is 34.8 Å². The summed E-state index contributed by atoms with van der Waals surface area (Å²) in [6.07, 6.45) is 1.30. The molecular weight excluding hydrogens is 313 g/mol. The molecule has 21 heavy (non-hydrogen) atoms. The molecule has 1 aromatic heterocycles. The molecule has 2 aromatic rings. The highest BCUT2D eigenvalue weighted by Crippen LogP contribution is 2.30. The third-order valence-electron chi connectivity index (χ3n) is 2.51. The Morgan fingerprint density at radius 3 is 2.05 bits per heavy atom. The molecule has 9 heteroatoms. The quantitative estimate of drug-likeness (QED) is 0.395. The van der Waals surface area contributed by atoms with Crippen molar-refractivity contribution in [1.29, 1.82) is 0 Å². The lowest BCUT2D eigenvalue weighted by Crippen LogP contribution is -2.15. The Hall–Kier alpha value is -2.29. The molecule has 3 nitrogen and oxygen atoms in total. The average molecular weight is 319 g/mol. The zero-order chi connectivity index (χ0) is 15.7. The highest BCUT2D eigenvalue weighted by molar-refractivity contribution is 7.80. The van der Waals surface area contributed by atoms with Crippen LogP contribution in [0.25, 0.3) is 0 Å². The van der Waals surface area contributed by atoms with E-state index in [0.29, 0.717) is 0 Å². The average Bonchev–Trinajstić information content (AvgIpc) is 2.48. The molecule has 0 amide bonds. The van der Waals surface area contributed by atoms with Crippen LogP contribution in [-0.4, -0.2) is 9.97 Å². The normalized spacial score (nSPS) is 10.5. The highest BCUT2D eigenvalue weighted by atomic mass is 32.1. The molecule has 0 aliphatic heterocycles. The molecule has 0 aliphatic carbocycles. The van der Waals surface area contributed by atoms with Crippen molar-refractivity contribution >= 4 is 28.6 Å². The minimum absolute atomic E-state index is 0.0450. The van der Waals surface area contributed by atoms with Crippen molar-refractivity contribution in [2.45, 2.75) is 0 Å². The van der Waals surface area contributed by atoms with Crippen LogP contribution in [0.3, 0.4) is 0 Å². The molecule has 0 spiro atoms. The third-order valence-corrected chi connectivity index (χ3v) is 2.70. The van der Waals surface area contributed by atoms with E-state index in [4.69, 9.17) is 5.73 Å². The molecule has 0 saturated carbocycles. The van der Waals surface area contributed by atoms with Crippen LogP contribution in [0.15, 0.2) is 18.3 Å². The predicted molar refractivity (Wildman–Crippen MR) is 69.6 cm³/mol. The van der Waals surface area contributed by atoms with E-state index in [1.807, 2.05) is 0 Å². The first-order valence-electron chi connectivity index (χ1n) is 5.37. The second-order valence-corrected chi connectivity index (χ2v) is 4.27. The Balaban J connectivity index is 2.58. The van der Waals surface area contributed by atoms with E-state index in [2.05, 4.69) is 22.5 Å². The molecule has 0 bridgehead atoms. The van der Waals surface area contributed by atoms with Crippen LogP contribution in [-0.2, 0) is 0 Å². The molecule has 0 unspecified atom stereocenters. The predicted octanol–water partition coefficient (Wildman–Crippen LogP) is 3.15. The summed E-state index contributed by atoms with van der Waals surface area (Å²) in [5, 5.41) is 2.07. The molecule has 0 saturated heterocycles. The van der Waals surface area contributed by atoms with Gasteiger partial charge in [0.1, 0.15) is 16.4 Å². The van der Waals surface area contributed by atoms with Crippen molar-refractivity contribution in [3.8, 4) is 0 Å². The van der Waals surface area contributed by atoms with E-state index >= 15 is 0 Å². The van der Waals surface area contributed by atoms with Crippen molar-refractivity contribution in [2.24, 2.45) is 5.73 Å². The van der Waals surface area contributed by atoms with Crippen LogP contribution in [0, 0.1) is 29.1 Å². The topological polar surface area (TPSA) is 50.9 Å². The van der Waals surface area contributed by atoms with Gasteiger partial charge in [0.05, 0.1) is 5.69 Å². The Bertz CT molecular complexity index is 706. The van der Waals surface area contributed by atoms with Gasteiger partial charge >= 0.3 is 0 Å². The minimum atomic E-state index is -2.24. The zero-order valence-corrected chi connectivity index (χ0v) is 10.9. The Morgan fingerprint density at radius 2 is 1.52 bits per heavy atom. The molecule has 0 fully saturated rings. The number of anilines is 2. The van der Waals surface area contributed by atoms with Crippen LogP contribution >= 0.6 is 12.2 Å². The first-order valence-corrected chi connectivity index (χ1v) is 5.78. The lowest BCUT2D eigenvalue weighted by molar-refractivity contribution is 0.382. The maximum Gasteiger partial charge on any atom is 0.200 e. The van der Waals surface area contributed by atoms with Crippen LogP contribution in [0.5, 0.6) is 0 Å². The van der Waals surface area contributed by atoms with Gasteiger partial charge in [-0.25, -0.2) is 22.0 Å². The first kappa shape index (κ1) is 15.1. The van der Waals surface area contributed by atoms with Crippen LogP contribution in [0.2, 0.25) is 0 Å². The number of nitrogens with one attached hydrogen (secondary N) is 1. The number of hydrogen-bond donors (Lipinski definition) is 2. The number of nitrogens with two attached hydrogens (primary N) is 1. The number of thiocarbonyl (C=S) groups is 1. The van der Waals surface area contributed by atoms with Crippen LogP contribution < -0.4 is 11.1 Å². The fourth-order valence-electron chi connectivity index (χ4n) is 1.55. The van der Waals surface area contributed by atoms with E-state index in [-0.39, 0.29) is 16.4 Å². The van der Waals surface area contributed by atoms with Gasteiger partial charge in [0.15, 0.2) is 23.3 Å². The summed E-state index contributed by atoms with van der Waals surface area (Å²) in [7, 11) is 0. The molecule has 1 heterocycles. The van der Waals surface area contributed by atoms with Gasteiger partial charge in [0.25, 0.3) is 0 Å². The van der Waals surface area contributed by atoms with Crippen molar-refractivity contribution in [1.82, 2.24) is 4.98 Å². The highest BCUT2D eigenvalue weighted by Gasteiger charge is 2.26. The molecule has 2 rings (SSSR count). The zero-order valence-electron chi connectivity index (χ0n) is 10.1. The molecule has 3 N–H and O–H groups in total. The van der Waals surface area contributed by atoms with Gasteiger partial charge in [0.2, 0.25) is 5.82 Å². The number of nitrogens with zero attached hydrogens (tertiary/aromatic N) is 1. The summed E-state index contributed by atoms with van der Waals surface area (Å²) >= 11 is 4.68. The van der Waals surface area contributed by atoms with Gasteiger partial charge in [-0.15, -0.1) is 0 Å². The van der Waals surface area contributed by atoms with Gasteiger partial charge in [-0.1, -0.05) is 12.2 Å². The van der Waals surface area contributed by atoms with Gasteiger partial charge in [-0.2, -0.15) is 0 Å². The van der Waals surface area contributed by atoms with Crippen LogP contribution in [0.1, 0.15) is 5.69 Å².